The van der Waals surface area contributed by atoms with E-state index in [1.54, 1.807) is 6.92 Å². The Kier molecular flexibility index (Phi) is 13.3. The Labute approximate surface area is 129 Å². The second-order valence-corrected chi connectivity index (χ2v) is 5.89. The number of unbranched alkanes of at least 4 members (excludes halogenated alkanes) is 7. The normalized spacial score (nSPS) is 10.5. The van der Waals surface area contributed by atoms with Gasteiger partial charge in [-0.1, -0.05) is 45.1 Å². The summed E-state index contributed by atoms with van der Waals surface area (Å²) in [6.45, 7) is 5.66. The largest absolute Gasteiger partial charge is 0.462 e. The Bertz CT molecular complexity index is 339. The van der Waals surface area contributed by atoms with Gasteiger partial charge in [-0.3, -0.25) is 9.36 Å². The Morgan fingerprint density at radius 1 is 0.952 bits per heavy atom. The lowest BCUT2D eigenvalue weighted by Gasteiger charge is -2.04. The van der Waals surface area contributed by atoms with Crippen molar-refractivity contribution in [3.8, 4) is 0 Å². The monoisotopic (exact) mass is 314 g/mol. The number of hydrogen-bond donors (Lipinski definition) is 0. The van der Waals surface area contributed by atoms with Crippen LogP contribution in [-0.2, 0) is 18.9 Å². The van der Waals surface area contributed by atoms with Gasteiger partial charge < -0.3 is 4.74 Å². The Balaban J connectivity index is 3.19. The van der Waals surface area contributed by atoms with Crippen LogP contribution in [0.2, 0.25) is 0 Å². The van der Waals surface area contributed by atoms with Gasteiger partial charge in [0.15, 0.2) is 8.46 Å². The molecule has 0 N–H and O–H groups in total. The number of esters is 1. The number of carbonyl (C=O) groups excluding carboxylic acids is 2. The van der Waals surface area contributed by atoms with Gasteiger partial charge in [0.1, 0.15) is 5.78 Å². The van der Waals surface area contributed by atoms with E-state index in [1.807, 2.05) is 0 Å². The zero-order valence-corrected chi connectivity index (χ0v) is 14.0. The topological polar surface area (TPSA) is 60.4 Å². The SMILES string of the molecule is C=C(C)C(=O)OCCCCCCCCCCC(=O)CP=O. The molecule has 120 valence electrons. The summed E-state index contributed by atoms with van der Waals surface area (Å²) in [5.74, 6) is -0.211. The maximum absolute atomic E-state index is 11.1. The summed E-state index contributed by atoms with van der Waals surface area (Å²) in [5.41, 5.74) is 0.447. The molecule has 0 atom stereocenters. The molecule has 4 nitrogen and oxygen atoms in total. The first-order valence-corrected chi connectivity index (χ1v) is 8.71. The lowest BCUT2D eigenvalue weighted by Crippen LogP contribution is -2.05. The molecule has 0 aromatic carbocycles. The first-order valence-electron chi connectivity index (χ1n) is 7.71. The molecule has 0 bridgehead atoms. The number of ether oxygens (including phenoxy) is 1. The van der Waals surface area contributed by atoms with Crippen molar-refractivity contribution >= 4 is 20.2 Å². The van der Waals surface area contributed by atoms with Crippen molar-refractivity contribution in [3.63, 3.8) is 0 Å². The smallest absolute Gasteiger partial charge is 0.333 e. The van der Waals surface area contributed by atoms with Crippen molar-refractivity contribution in [2.45, 2.75) is 64.7 Å². The Hall–Kier alpha value is -1.02. The van der Waals surface area contributed by atoms with E-state index in [9.17, 15) is 14.2 Å². The molecule has 0 aromatic rings. The quantitative estimate of drug-likeness (QED) is 0.205. The first-order chi connectivity index (χ1) is 10.1. The molecule has 21 heavy (non-hydrogen) atoms. The molecule has 0 radical (unpaired) electrons. The second-order valence-electron chi connectivity index (χ2n) is 5.32. The van der Waals surface area contributed by atoms with E-state index in [2.05, 4.69) is 6.58 Å². The molecule has 0 saturated carbocycles. The van der Waals surface area contributed by atoms with E-state index in [-0.39, 0.29) is 26.4 Å². The molecular weight excluding hydrogens is 287 g/mol. The number of ketones is 1. The van der Waals surface area contributed by atoms with Crippen molar-refractivity contribution in [2.75, 3.05) is 12.8 Å². The summed E-state index contributed by atoms with van der Waals surface area (Å²) in [7, 11) is -0.0653. The summed E-state index contributed by atoms with van der Waals surface area (Å²) in [5, 5.41) is 0. The summed E-state index contributed by atoms with van der Waals surface area (Å²) < 4.78 is 15.2. The van der Waals surface area contributed by atoms with Gasteiger partial charge in [-0.05, 0) is 19.8 Å². The molecule has 0 rings (SSSR count). The molecule has 0 aliphatic heterocycles. The zero-order valence-electron chi connectivity index (χ0n) is 13.1. The van der Waals surface area contributed by atoms with Crippen LogP contribution in [0.15, 0.2) is 12.2 Å². The highest BCUT2D eigenvalue weighted by Crippen LogP contribution is 2.10. The summed E-state index contributed by atoms with van der Waals surface area (Å²) >= 11 is 0. The minimum absolute atomic E-state index is 0.0653. The molecule has 0 aliphatic rings. The van der Waals surface area contributed by atoms with Crippen LogP contribution in [0.1, 0.15) is 64.7 Å². The molecule has 0 amide bonds. The van der Waals surface area contributed by atoms with E-state index < -0.39 is 0 Å². The Morgan fingerprint density at radius 2 is 1.48 bits per heavy atom. The summed E-state index contributed by atoms with van der Waals surface area (Å²) in [6.07, 6.45) is 9.33. The highest BCUT2D eigenvalue weighted by atomic mass is 31.1. The van der Waals surface area contributed by atoms with Gasteiger partial charge in [-0.15, -0.1) is 0 Å². The van der Waals surface area contributed by atoms with Gasteiger partial charge in [0.2, 0.25) is 0 Å². The van der Waals surface area contributed by atoms with Gasteiger partial charge in [-0.2, -0.15) is 0 Å². The first kappa shape index (κ1) is 20.0. The van der Waals surface area contributed by atoms with Crippen LogP contribution in [0, 0.1) is 0 Å². The predicted molar refractivity (Wildman–Crippen MR) is 84.8 cm³/mol. The van der Waals surface area contributed by atoms with E-state index >= 15 is 0 Å². The average Bonchev–Trinajstić information content (AvgIpc) is 2.44. The number of hydrogen-bond acceptors (Lipinski definition) is 4. The lowest BCUT2D eigenvalue weighted by molar-refractivity contribution is -0.139. The molecule has 0 fully saturated rings. The average molecular weight is 314 g/mol. The minimum atomic E-state index is -0.305. The fourth-order valence-electron chi connectivity index (χ4n) is 1.92. The fourth-order valence-corrected chi connectivity index (χ4v) is 2.23. The van der Waals surface area contributed by atoms with Crippen LogP contribution in [0.5, 0.6) is 0 Å². The molecular formula is C16H27O4P. The van der Waals surface area contributed by atoms with Crippen LogP contribution in [0.4, 0.5) is 0 Å². The summed E-state index contributed by atoms with van der Waals surface area (Å²) in [4.78, 5) is 22.2. The molecule has 5 heteroatoms. The number of carbonyl (C=O) groups is 2. The molecule has 0 unspecified atom stereocenters. The molecule has 0 saturated heterocycles. The maximum atomic E-state index is 11.1. The van der Waals surface area contributed by atoms with Gasteiger partial charge in [0.25, 0.3) is 0 Å². The molecule has 0 aromatic heterocycles. The molecule has 0 spiro atoms. The number of rotatable bonds is 14. The number of Topliss-reactive ketones (excluding diaryl/α,β-unsaturated/α-hetero) is 1. The van der Waals surface area contributed by atoms with Crippen LogP contribution < -0.4 is 0 Å². The van der Waals surface area contributed by atoms with E-state index in [0.29, 0.717) is 18.6 Å². The highest BCUT2D eigenvalue weighted by molar-refractivity contribution is 7.25. The van der Waals surface area contributed by atoms with Crippen molar-refractivity contribution in [1.82, 2.24) is 0 Å². The maximum Gasteiger partial charge on any atom is 0.333 e. The van der Waals surface area contributed by atoms with Gasteiger partial charge >= 0.3 is 5.97 Å². The van der Waals surface area contributed by atoms with Crippen molar-refractivity contribution in [1.29, 1.82) is 0 Å². The van der Waals surface area contributed by atoms with Crippen LogP contribution in [-0.4, -0.2) is 24.5 Å². The van der Waals surface area contributed by atoms with E-state index in [4.69, 9.17) is 4.74 Å². The molecule has 0 aliphatic carbocycles. The zero-order chi connectivity index (χ0) is 15.9. The van der Waals surface area contributed by atoms with Gasteiger partial charge in [0.05, 0.1) is 12.8 Å². The van der Waals surface area contributed by atoms with Crippen LogP contribution >= 0.6 is 8.46 Å². The fraction of sp³-hybridized carbons (Fsp3) is 0.750. The van der Waals surface area contributed by atoms with Gasteiger partial charge in [-0.25, -0.2) is 4.79 Å². The third kappa shape index (κ3) is 13.7. The lowest BCUT2D eigenvalue weighted by atomic mass is 10.1. The third-order valence-electron chi connectivity index (χ3n) is 3.17. The molecule has 0 heterocycles. The van der Waals surface area contributed by atoms with Crippen molar-refractivity contribution in [3.05, 3.63) is 12.2 Å². The van der Waals surface area contributed by atoms with Crippen LogP contribution in [0.25, 0.3) is 0 Å². The van der Waals surface area contributed by atoms with E-state index in [1.165, 1.54) is 12.8 Å². The van der Waals surface area contributed by atoms with Gasteiger partial charge in [0, 0.05) is 12.0 Å². The Morgan fingerprint density at radius 3 is 2.00 bits per heavy atom. The van der Waals surface area contributed by atoms with Crippen molar-refractivity contribution < 1.29 is 18.9 Å². The summed E-state index contributed by atoms with van der Waals surface area (Å²) in [6, 6.07) is 0. The minimum Gasteiger partial charge on any atom is -0.462 e. The standard InChI is InChI=1S/C16H27O4P/c1-14(2)16(18)20-12-10-8-6-4-3-5-7-9-11-15(17)13-21-19/h1,3-13H2,2H3. The highest BCUT2D eigenvalue weighted by Gasteiger charge is 2.02. The van der Waals surface area contributed by atoms with Crippen molar-refractivity contribution in [2.24, 2.45) is 0 Å². The second kappa shape index (κ2) is 13.9. The van der Waals surface area contributed by atoms with Crippen LogP contribution in [0.3, 0.4) is 0 Å². The third-order valence-corrected chi connectivity index (χ3v) is 3.65. The van der Waals surface area contributed by atoms with E-state index in [0.717, 1.165) is 38.5 Å². The predicted octanol–water partition coefficient (Wildman–Crippen LogP) is 4.48.